The summed E-state index contributed by atoms with van der Waals surface area (Å²) in [6, 6.07) is 1.11. The van der Waals surface area contributed by atoms with Crippen LogP contribution in [-0.4, -0.2) is 48.2 Å². The molecule has 0 aliphatic rings. The molecule has 1 rings (SSSR count). The third kappa shape index (κ3) is 5.18. The number of carboxylic acid groups (broad SMARTS) is 1. The van der Waals surface area contributed by atoms with E-state index in [4.69, 9.17) is 5.11 Å². The van der Waals surface area contributed by atoms with Gasteiger partial charge in [0.1, 0.15) is 5.00 Å². The molecule has 1 aromatic rings. The number of anilines is 1. The highest BCUT2D eigenvalue weighted by Gasteiger charge is 2.13. The largest absolute Gasteiger partial charge is 0.478 e. The highest BCUT2D eigenvalue weighted by Crippen LogP contribution is 2.22. The molecule has 0 saturated heterocycles. The molecule has 6 nitrogen and oxygen atoms in total. The average Bonchev–Trinajstić information content (AvgIpc) is 2.87. The molecule has 0 unspecified atom stereocenters. The summed E-state index contributed by atoms with van der Waals surface area (Å²) in [6.07, 6.45) is 0.866. The van der Waals surface area contributed by atoms with Gasteiger partial charge in [-0.25, -0.2) is 9.59 Å². The zero-order valence-corrected chi connectivity index (χ0v) is 12.6. The van der Waals surface area contributed by atoms with Crippen LogP contribution in [-0.2, 0) is 0 Å². The molecule has 1 aromatic heterocycles. The van der Waals surface area contributed by atoms with E-state index < -0.39 is 5.97 Å². The van der Waals surface area contributed by atoms with Crippen LogP contribution in [0.4, 0.5) is 9.80 Å². The molecule has 0 aliphatic carbocycles. The summed E-state index contributed by atoms with van der Waals surface area (Å²) >= 11 is 1.20. The molecular weight excluding hydrogens is 278 g/mol. The van der Waals surface area contributed by atoms with Gasteiger partial charge >= 0.3 is 12.0 Å². The van der Waals surface area contributed by atoms with Gasteiger partial charge in [0.15, 0.2) is 0 Å². The Labute approximate surface area is 122 Å². The number of nitrogens with one attached hydrogen (secondary N) is 2. The Morgan fingerprint density at radius 2 is 2.05 bits per heavy atom. The number of amides is 2. The van der Waals surface area contributed by atoms with Crippen molar-refractivity contribution in [3.05, 3.63) is 17.0 Å². The number of rotatable bonds is 8. The Balaban J connectivity index is 2.30. The molecule has 112 valence electrons. The number of carbonyl (C=O) groups excluding carboxylic acids is 1. The van der Waals surface area contributed by atoms with Crippen LogP contribution in [0.1, 0.15) is 30.6 Å². The van der Waals surface area contributed by atoms with E-state index in [2.05, 4.69) is 29.4 Å². The molecule has 0 saturated carbocycles. The van der Waals surface area contributed by atoms with E-state index in [1.54, 1.807) is 5.38 Å². The predicted molar refractivity (Wildman–Crippen MR) is 80.7 cm³/mol. The molecule has 0 bridgehead atoms. The highest BCUT2D eigenvalue weighted by molar-refractivity contribution is 7.14. The third-order valence-electron chi connectivity index (χ3n) is 2.95. The second-order valence-corrected chi connectivity index (χ2v) is 5.15. The number of hydrogen-bond acceptors (Lipinski definition) is 4. The summed E-state index contributed by atoms with van der Waals surface area (Å²) in [5, 5.41) is 16.2. The van der Waals surface area contributed by atoms with E-state index in [0.29, 0.717) is 11.5 Å². The second-order valence-electron chi connectivity index (χ2n) is 4.23. The van der Waals surface area contributed by atoms with E-state index in [1.807, 2.05) is 0 Å². The van der Waals surface area contributed by atoms with Crippen LogP contribution in [0, 0.1) is 0 Å². The fraction of sp³-hybridized carbons (Fsp3) is 0.538. The minimum Gasteiger partial charge on any atom is -0.478 e. The number of thiophene rings is 1. The van der Waals surface area contributed by atoms with Crippen molar-refractivity contribution in [1.29, 1.82) is 0 Å². The molecule has 20 heavy (non-hydrogen) atoms. The first-order valence-electron chi connectivity index (χ1n) is 6.66. The fourth-order valence-electron chi connectivity index (χ4n) is 1.77. The lowest BCUT2D eigenvalue weighted by Gasteiger charge is -2.17. The normalized spacial score (nSPS) is 10.6. The first-order chi connectivity index (χ1) is 9.58. The maximum atomic E-state index is 11.6. The summed E-state index contributed by atoms with van der Waals surface area (Å²) in [7, 11) is 0. The summed E-state index contributed by atoms with van der Waals surface area (Å²) < 4.78 is 0. The maximum Gasteiger partial charge on any atom is 0.338 e. The molecule has 0 radical (unpaired) electrons. The van der Waals surface area contributed by atoms with Gasteiger partial charge in [-0.3, -0.25) is 5.32 Å². The summed E-state index contributed by atoms with van der Waals surface area (Å²) in [4.78, 5) is 24.8. The van der Waals surface area contributed by atoms with Crippen LogP contribution in [0.2, 0.25) is 0 Å². The Morgan fingerprint density at radius 1 is 1.35 bits per heavy atom. The van der Waals surface area contributed by atoms with Crippen molar-refractivity contribution in [2.24, 2.45) is 0 Å². The van der Waals surface area contributed by atoms with Gasteiger partial charge in [0.25, 0.3) is 0 Å². The number of carboxylic acids is 1. The molecule has 0 fully saturated rings. The molecular formula is C13H21N3O3S. The molecule has 3 N–H and O–H groups in total. The Hall–Kier alpha value is -1.60. The minimum atomic E-state index is -1.04. The third-order valence-corrected chi connectivity index (χ3v) is 3.78. The number of nitrogens with zero attached hydrogens (tertiary/aromatic N) is 1. The van der Waals surface area contributed by atoms with Gasteiger partial charge in [-0.15, -0.1) is 11.3 Å². The van der Waals surface area contributed by atoms with Crippen LogP contribution in [0.25, 0.3) is 0 Å². The average molecular weight is 299 g/mol. The van der Waals surface area contributed by atoms with Gasteiger partial charge in [-0.2, -0.15) is 0 Å². The maximum absolute atomic E-state index is 11.6. The molecule has 0 spiro atoms. The first-order valence-corrected chi connectivity index (χ1v) is 7.54. The number of urea groups is 1. The quantitative estimate of drug-likeness (QED) is 0.643. The number of aromatic carboxylic acids is 1. The Kier molecular flexibility index (Phi) is 7.03. The molecule has 0 atom stereocenters. The van der Waals surface area contributed by atoms with E-state index in [9.17, 15) is 9.59 Å². The minimum absolute atomic E-state index is 0.119. The zero-order chi connectivity index (χ0) is 15.0. The van der Waals surface area contributed by atoms with Crippen molar-refractivity contribution in [1.82, 2.24) is 10.2 Å². The summed E-state index contributed by atoms with van der Waals surface area (Å²) in [5.74, 6) is -1.04. The lowest BCUT2D eigenvalue weighted by atomic mass is 10.3. The second kappa shape index (κ2) is 8.55. The number of hydrogen-bond donors (Lipinski definition) is 3. The van der Waals surface area contributed by atoms with Crippen molar-refractivity contribution in [2.75, 3.05) is 31.5 Å². The van der Waals surface area contributed by atoms with Crippen molar-refractivity contribution in [3.8, 4) is 0 Å². The van der Waals surface area contributed by atoms with E-state index in [-0.39, 0.29) is 11.6 Å². The van der Waals surface area contributed by atoms with Crippen molar-refractivity contribution in [2.45, 2.75) is 20.3 Å². The fourth-order valence-corrected chi connectivity index (χ4v) is 2.54. The van der Waals surface area contributed by atoms with Crippen molar-refractivity contribution >= 4 is 28.3 Å². The number of carbonyl (C=O) groups is 2. The van der Waals surface area contributed by atoms with Crippen molar-refractivity contribution < 1.29 is 14.7 Å². The molecule has 1 heterocycles. The SMILES string of the molecule is CCN(CC)CCCNC(=O)Nc1sccc1C(=O)O. The van der Waals surface area contributed by atoms with E-state index in [1.165, 1.54) is 17.4 Å². The van der Waals surface area contributed by atoms with Gasteiger partial charge in [-0.1, -0.05) is 13.8 Å². The standard InChI is InChI=1S/C13H21N3O3S/c1-3-16(4-2)8-5-7-14-13(19)15-11-10(12(17)18)6-9-20-11/h6,9H,3-5,7-8H2,1-2H3,(H,17,18)(H2,14,15,19). The lowest BCUT2D eigenvalue weighted by molar-refractivity contribution is 0.0698. The monoisotopic (exact) mass is 299 g/mol. The lowest BCUT2D eigenvalue weighted by Crippen LogP contribution is -2.32. The summed E-state index contributed by atoms with van der Waals surface area (Å²) in [6.45, 7) is 7.71. The topological polar surface area (TPSA) is 81.7 Å². The van der Waals surface area contributed by atoms with E-state index >= 15 is 0 Å². The first kappa shape index (κ1) is 16.5. The van der Waals surface area contributed by atoms with Crippen molar-refractivity contribution in [3.63, 3.8) is 0 Å². The van der Waals surface area contributed by atoms with Crippen LogP contribution in [0.3, 0.4) is 0 Å². The molecule has 0 aliphatic heterocycles. The molecule has 7 heteroatoms. The van der Waals surface area contributed by atoms with Crippen LogP contribution in [0.15, 0.2) is 11.4 Å². The smallest absolute Gasteiger partial charge is 0.338 e. The predicted octanol–water partition coefficient (Wildman–Crippen LogP) is 2.30. The van der Waals surface area contributed by atoms with Gasteiger partial charge in [0.05, 0.1) is 5.56 Å². The van der Waals surface area contributed by atoms with Gasteiger partial charge in [0, 0.05) is 6.54 Å². The zero-order valence-electron chi connectivity index (χ0n) is 11.8. The van der Waals surface area contributed by atoms with Crippen LogP contribution in [0.5, 0.6) is 0 Å². The van der Waals surface area contributed by atoms with Crippen LogP contribution < -0.4 is 10.6 Å². The Morgan fingerprint density at radius 3 is 2.65 bits per heavy atom. The van der Waals surface area contributed by atoms with Gasteiger partial charge in [-0.05, 0) is 37.5 Å². The highest BCUT2D eigenvalue weighted by atomic mass is 32.1. The van der Waals surface area contributed by atoms with Crippen LogP contribution >= 0.6 is 11.3 Å². The van der Waals surface area contributed by atoms with E-state index in [0.717, 1.165) is 26.1 Å². The molecule has 2 amide bonds. The van der Waals surface area contributed by atoms with Gasteiger partial charge in [0.2, 0.25) is 0 Å². The summed E-state index contributed by atoms with van der Waals surface area (Å²) in [5.41, 5.74) is 0.119. The van der Waals surface area contributed by atoms with Gasteiger partial charge < -0.3 is 15.3 Å². The Bertz CT molecular complexity index is 444. The molecule has 0 aromatic carbocycles.